The fourth-order valence-corrected chi connectivity index (χ4v) is 3.51. The molecule has 0 saturated carbocycles. The van der Waals surface area contributed by atoms with Gasteiger partial charge in [-0.15, -0.1) is 0 Å². The second kappa shape index (κ2) is 8.43. The average molecular weight is 426 g/mol. The van der Waals surface area contributed by atoms with Crippen molar-refractivity contribution in [1.29, 1.82) is 0 Å². The van der Waals surface area contributed by atoms with Gasteiger partial charge in [-0.25, -0.2) is 4.79 Å². The molecule has 1 unspecified atom stereocenters. The third kappa shape index (κ3) is 4.11. The number of esters is 1. The first-order valence-electron chi connectivity index (χ1n) is 8.75. The predicted octanol–water partition coefficient (Wildman–Crippen LogP) is 3.89. The number of nitrogens with one attached hydrogen (secondary N) is 2. The summed E-state index contributed by atoms with van der Waals surface area (Å²) in [6.07, 6.45) is 0.0263. The van der Waals surface area contributed by atoms with E-state index in [0.29, 0.717) is 47.4 Å². The Morgan fingerprint density at radius 2 is 2.07 bits per heavy atom. The Labute approximate surface area is 172 Å². The number of rotatable bonds is 4. The third-order valence-corrected chi connectivity index (χ3v) is 5.48. The molecule has 2 N–H and O–H groups in total. The number of carbonyl (C=O) groups is 2. The molecule has 9 heteroatoms. The van der Waals surface area contributed by atoms with Crippen molar-refractivity contribution in [3.63, 3.8) is 0 Å². The van der Waals surface area contributed by atoms with E-state index in [-0.39, 0.29) is 16.8 Å². The molecule has 1 aliphatic heterocycles. The van der Waals surface area contributed by atoms with Crippen LogP contribution in [0.5, 0.6) is 0 Å². The van der Waals surface area contributed by atoms with Crippen LogP contribution in [-0.4, -0.2) is 49.8 Å². The largest absolute Gasteiger partial charge is 0.465 e. The van der Waals surface area contributed by atoms with Crippen molar-refractivity contribution in [2.75, 3.05) is 37.0 Å². The van der Waals surface area contributed by atoms with Crippen LogP contribution in [0, 0.1) is 6.92 Å². The first kappa shape index (κ1) is 20.5. The lowest BCUT2D eigenvalue weighted by Gasteiger charge is -2.34. The van der Waals surface area contributed by atoms with Crippen LogP contribution >= 0.6 is 23.2 Å². The molecule has 28 heavy (non-hydrogen) atoms. The summed E-state index contributed by atoms with van der Waals surface area (Å²) in [6, 6.07) is 4.97. The second-order valence-corrected chi connectivity index (χ2v) is 7.31. The molecule has 1 aliphatic rings. The van der Waals surface area contributed by atoms with Gasteiger partial charge in [0.05, 0.1) is 46.8 Å². The second-order valence-electron chi connectivity index (χ2n) is 6.56. The van der Waals surface area contributed by atoms with Gasteiger partial charge >= 0.3 is 5.97 Å². The quantitative estimate of drug-likeness (QED) is 0.725. The summed E-state index contributed by atoms with van der Waals surface area (Å²) in [7, 11) is 1.33. The van der Waals surface area contributed by atoms with Gasteiger partial charge in [-0.1, -0.05) is 23.2 Å². The third-order valence-electron chi connectivity index (χ3n) is 4.53. The maximum atomic E-state index is 12.8. The summed E-state index contributed by atoms with van der Waals surface area (Å²) in [5.74, 6) is -0.872. The zero-order valence-electron chi connectivity index (χ0n) is 15.8. The Bertz CT molecular complexity index is 913. The minimum Gasteiger partial charge on any atom is -0.465 e. The molecule has 2 aromatic rings. The maximum absolute atomic E-state index is 12.8. The number of hydrogen-bond acceptors (Lipinski definition) is 5. The van der Waals surface area contributed by atoms with E-state index in [1.54, 1.807) is 25.1 Å². The summed E-state index contributed by atoms with van der Waals surface area (Å²) in [5.41, 5.74) is 2.44. The molecule has 1 aromatic heterocycles. The minimum atomic E-state index is -0.449. The van der Waals surface area contributed by atoms with Crippen molar-refractivity contribution in [1.82, 2.24) is 4.98 Å². The molecule has 150 valence electrons. The zero-order chi connectivity index (χ0) is 20.4. The van der Waals surface area contributed by atoms with Crippen LogP contribution < -0.4 is 10.2 Å². The molecule has 7 nitrogen and oxygen atoms in total. The van der Waals surface area contributed by atoms with E-state index < -0.39 is 11.9 Å². The Morgan fingerprint density at radius 3 is 2.68 bits per heavy atom. The molecule has 0 radical (unpaired) electrons. The van der Waals surface area contributed by atoms with E-state index in [9.17, 15) is 9.59 Å². The van der Waals surface area contributed by atoms with E-state index in [1.165, 1.54) is 7.11 Å². The van der Waals surface area contributed by atoms with Gasteiger partial charge in [-0.2, -0.15) is 0 Å². The lowest BCUT2D eigenvalue weighted by atomic mass is 10.1. The van der Waals surface area contributed by atoms with Crippen molar-refractivity contribution in [3.05, 3.63) is 45.2 Å². The number of anilines is 2. The first-order chi connectivity index (χ1) is 13.3. The van der Waals surface area contributed by atoms with Crippen LogP contribution in [0.3, 0.4) is 0 Å². The number of aromatic amines is 1. The number of carbonyl (C=O) groups excluding carboxylic acids is 2. The molecule has 1 fully saturated rings. The Hall–Kier alpha value is -2.22. The summed E-state index contributed by atoms with van der Waals surface area (Å²) in [5, 5.41) is 3.34. The summed E-state index contributed by atoms with van der Waals surface area (Å²) in [4.78, 5) is 29.7. The number of benzene rings is 1. The van der Waals surface area contributed by atoms with Gasteiger partial charge in [-0.3, -0.25) is 4.79 Å². The van der Waals surface area contributed by atoms with Crippen LogP contribution in [0.15, 0.2) is 18.2 Å². The standard InChI is InChI=1S/C19H21Cl2N3O4/c1-10-9-24(6-7-28-10)14-8-12(19(26)27-3)4-5-13(14)23-18(25)17-16(21)15(20)11(2)22-17/h4-5,8,10,22H,6-7,9H2,1-3H3,(H,23,25). The molecule has 1 aromatic carbocycles. The van der Waals surface area contributed by atoms with Crippen molar-refractivity contribution in [3.8, 4) is 0 Å². The van der Waals surface area contributed by atoms with Crippen LogP contribution in [-0.2, 0) is 9.47 Å². The fraction of sp³-hybridized carbons (Fsp3) is 0.368. The smallest absolute Gasteiger partial charge is 0.337 e. The van der Waals surface area contributed by atoms with Gasteiger partial charge in [0.25, 0.3) is 5.91 Å². The topological polar surface area (TPSA) is 83.7 Å². The number of nitrogens with zero attached hydrogens (tertiary/aromatic N) is 1. The number of hydrogen-bond donors (Lipinski definition) is 2. The van der Waals surface area contributed by atoms with Gasteiger partial charge in [0, 0.05) is 18.8 Å². The normalized spacial score (nSPS) is 16.8. The maximum Gasteiger partial charge on any atom is 0.337 e. The SMILES string of the molecule is COC(=O)c1ccc(NC(=O)c2[nH]c(C)c(Cl)c2Cl)c(N2CCOC(C)C2)c1. The predicted molar refractivity (Wildman–Crippen MR) is 109 cm³/mol. The molecule has 2 heterocycles. The monoisotopic (exact) mass is 425 g/mol. The van der Waals surface area contributed by atoms with Crippen LogP contribution in [0.1, 0.15) is 33.5 Å². The van der Waals surface area contributed by atoms with Crippen LogP contribution in [0.2, 0.25) is 10.0 Å². The number of aromatic nitrogens is 1. The molecular weight excluding hydrogens is 405 g/mol. The number of methoxy groups -OCH3 is 1. The summed E-state index contributed by atoms with van der Waals surface area (Å²) >= 11 is 12.2. The fourth-order valence-electron chi connectivity index (χ4n) is 3.09. The zero-order valence-corrected chi connectivity index (χ0v) is 17.3. The van der Waals surface area contributed by atoms with Gasteiger partial charge in [0.15, 0.2) is 0 Å². The molecule has 0 spiro atoms. The highest BCUT2D eigenvalue weighted by atomic mass is 35.5. The van der Waals surface area contributed by atoms with Crippen molar-refractivity contribution in [2.45, 2.75) is 20.0 Å². The highest BCUT2D eigenvalue weighted by Crippen LogP contribution is 2.32. The number of amides is 1. The lowest BCUT2D eigenvalue weighted by molar-refractivity contribution is 0.0532. The Kier molecular flexibility index (Phi) is 6.17. The molecule has 1 atom stereocenters. The van der Waals surface area contributed by atoms with Crippen molar-refractivity contribution in [2.24, 2.45) is 0 Å². The lowest BCUT2D eigenvalue weighted by Crippen LogP contribution is -2.41. The Morgan fingerprint density at radius 1 is 1.32 bits per heavy atom. The molecule has 3 rings (SSSR count). The van der Waals surface area contributed by atoms with E-state index in [1.807, 2.05) is 6.92 Å². The summed E-state index contributed by atoms with van der Waals surface area (Å²) < 4.78 is 10.4. The molecule has 0 aliphatic carbocycles. The Balaban J connectivity index is 1.95. The number of H-pyrrole nitrogens is 1. The van der Waals surface area contributed by atoms with Gasteiger partial charge in [-0.05, 0) is 32.0 Å². The van der Waals surface area contributed by atoms with Gasteiger partial charge in [0.1, 0.15) is 5.69 Å². The van der Waals surface area contributed by atoms with E-state index in [4.69, 9.17) is 32.7 Å². The van der Waals surface area contributed by atoms with Crippen LogP contribution in [0.4, 0.5) is 11.4 Å². The van der Waals surface area contributed by atoms with E-state index in [2.05, 4.69) is 15.2 Å². The number of ether oxygens (including phenoxy) is 2. The molecule has 1 saturated heterocycles. The van der Waals surface area contributed by atoms with Gasteiger partial charge < -0.3 is 24.7 Å². The highest BCUT2D eigenvalue weighted by molar-refractivity contribution is 6.44. The summed E-state index contributed by atoms with van der Waals surface area (Å²) in [6.45, 7) is 5.51. The van der Waals surface area contributed by atoms with E-state index >= 15 is 0 Å². The van der Waals surface area contributed by atoms with Gasteiger partial charge in [0.2, 0.25) is 0 Å². The number of halogens is 2. The molecular formula is C19H21Cl2N3O4. The number of aryl methyl sites for hydroxylation is 1. The molecule has 1 amide bonds. The highest BCUT2D eigenvalue weighted by Gasteiger charge is 2.24. The minimum absolute atomic E-state index is 0.0263. The van der Waals surface area contributed by atoms with Crippen LogP contribution in [0.25, 0.3) is 0 Å². The number of morpholine rings is 1. The average Bonchev–Trinajstić information content (AvgIpc) is 2.95. The van der Waals surface area contributed by atoms with Crippen molar-refractivity contribution >= 4 is 46.5 Å². The molecule has 0 bridgehead atoms. The first-order valence-corrected chi connectivity index (χ1v) is 9.51. The van der Waals surface area contributed by atoms with Crippen molar-refractivity contribution < 1.29 is 19.1 Å². The van der Waals surface area contributed by atoms with E-state index in [0.717, 1.165) is 0 Å².